The molecule has 0 amide bonds. The van der Waals surface area contributed by atoms with E-state index in [-0.39, 0.29) is 0 Å². The second-order valence-corrected chi connectivity index (χ2v) is 3.85. The maximum absolute atomic E-state index is 4.39. The third-order valence-corrected chi connectivity index (χ3v) is 2.30. The summed E-state index contributed by atoms with van der Waals surface area (Å²) in [6, 6.07) is 1.76. The molecule has 2 N–H and O–H groups in total. The fourth-order valence-electron chi connectivity index (χ4n) is 1.39. The molecule has 0 saturated carbocycles. The largest absolute Gasteiger partial charge is 0.370 e. The molecule has 18 heavy (non-hydrogen) atoms. The van der Waals surface area contributed by atoms with Crippen LogP contribution in [0.2, 0.25) is 0 Å². The molecule has 6 heteroatoms. The summed E-state index contributed by atoms with van der Waals surface area (Å²) in [6.07, 6.45) is 6.16. The zero-order chi connectivity index (χ0) is 12.8. The average molecular weight is 244 g/mol. The highest BCUT2D eigenvalue weighted by molar-refractivity contribution is 5.50. The summed E-state index contributed by atoms with van der Waals surface area (Å²) in [5, 5.41) is 6.22. The van der Waals surface area contributed by atoms with Crippen LogP contribution in [0.15, 0.2) is 24.7 Å². The summed E-state index contributed by atoms with van der Waals surface area (Å²) in [5.41, 5.74) is 1.02. The normalized spacial score (nSPS) is 10.1. The Balaban J connectivity index is 2.14. The fraction of sp³-hybridized carbons (Fsp3) is 0.333. The lowest BCUT2D eigenvalue weighted by Gasteiger charge is -2.09. The molecule has 2 aromatic rings. The second kappa shape index (κ2) is 5.90. The maximum atomic E-state index is 4.39. The fourth-order valence-corrected chi connectivity index (χ4v) is 1.39. The lowest BCUT2D eigenvalue weighted by Crippen LogP contribution is -2.07. The summed E-state index contributed by atoms with van der Waals surface area (Å²) in [6.45, 7) is 4.97. The number of hydrogen-bond donors (Lipinski definition) is 2. The Labute approximate surface area is 106 Å². The number of nitrogens with zero attached hydrogens (tertiary/aromatic N) is 4. The summed E-state index contributed by atoms with van der Waals surface area (Å²) >= 11 is 0. The molecular weight excluding hydrogens is 228 g/mol. The zero-order valence-corrected chi connectivity index (χ0v) is 10.5. The van der Waals surface area contributed by atoms with E-state index in [0.717, 1.165) is 24.3 Å². The highest BCUT2D eigenvalue weighted by Gasteiger charge is 2.04. The van der Waals surface area contributed by atoms with Crippen molar-refractivity contribution in [2.24, 2.45) is 0 Å². The highest BCUT2D eigenvalue weighted by Crippen LogP contribution is 2.14. The van der Waals surface area contributed by atoms with Crippen molar-refractivity contribution in [3.05, 3.63) is 30.2 Å². The van der Waals surface area contributed by atoms with E-state index in [9.17, 15) is 0 Å². The molecule has 0 spiro atoms. The van der Waals surface area contributed by atoms with E-state index >= 15 is 0 Å². The van der Waals surface area contributed by atoms with Gasteiger partial charge in [0, 0.05) is 30.7 Å². The molecule has 2 aromatic heterocycles. The molecule has 6 nitrogen and oxygen atoms in total. The van der Waals surface area contributed by atoms with Gasteiger partial charge in [-0.1, -0.05) is 6.92 Å². The Hall–Kier alpha value is -2.24. The first-order valence-electron chi connectivity index (χ1n) is 5.91. The van der Waals surface area contributed by atoms with Crippen LogP contribution in [0, 0.1) is 6.92 Å². The van der Waals surface area contributed by atoms with Crippen molar-refractivity contribution in [3.8, 4) is 0 Å². The Morgan fingerprint density at radius 3 is 2.61 bits per heavy atom. The maximum Gasteiger partial charge on any atom is 0.231 e. The lowest BCUT2D eigenvalue weighted by atomic mass is 10.3. The predicted octanol–water partition coefficient (Wildman–Crippen LogP) is 2.14. The minimum atomic E-state index is 0.489. The van der Waals surface area contributed by atoms with Gasteiger partial charge >= 0.3 is 0 Å². The van der Waals surface area contributed by atoms with E-state index in [1.54, 1.807) is 24.7 Å². The molecular formula is C12H16N6. The second-order valence-electron chi connectivity index (χ2n) is 3.85. The van der Waals surface area contributed by atoms with Gasteiger partial charge in [-0.3, -0.25) is 5.32 Å². The first-order chi connectivity index (χ1) is 8.79. The van der Waals surface area contributed by atoms with Crippen molar-refractivity contribution in [2.75, 3.05) is 17.2 Å². The first kappa shape index (κ1) is 12.2. The smallest absolute Gasteiger partial charge is 0.231 e. The molecule has 2 heterocycles. The molecule has 0 aliphatic heterocycles. The minimum Gasteiger partial charge on any atom is -0.370 e. The Bertz CT molecular complexity index is 499. The molecule has 0 unspecified atom stereocenters. The summed E-state index contributed by atoms with van der Waals surface area (Å²) in [5.74, 6) is 1.82. The Kier molecular flexibility index (Phi) is 4.01. The van der Waals surface area contributed by atoms with Crippen LogP contribution < -0.4 is 10.6 Å². The summed E-state index contributed by atoms with van der Waals surface area (Å²) in [7, 11) is 0. The van der Waals surface area contributed by atoms with Crippen LogP contribution in [0.3, 0.4) is 0 Å². The van der Waals surface area contributed by atoms with Crippen LogP contribution in [-0.2, 0) is 0 Å². The van der Waals surface area contributed by atoms with Crippen LogP contribution in [-0.4, -0.2) is 26.5 Å². The molecule has 94 valence electrons. The van der Waals surface area contributed by atoms with Crippen LogP contribution in [0.25, 0.3) is 0 Å². The van der Waals surface area contributed by atoms with Gasteiger partial charge in [-0.15, -0.1) is 0 Å². The van der Waals surface area contributed by atoms with Crippen molar-refractivity contribution < 1.29 is 0 Å². The molecule has 0 atom stereocenters. The molecule has 2 rings (SSSR count). The highest BCUT2D eigenvalue weighted by atomic mass is 15.2. The predicted molar refractivity (Wildman–Crippen MR) is 70.9 cm³/mol. The lowest BCUT2D eigenvalue weighted by molar-refractivity contribution is 0.959. The van der Waals surface area contributed by atoms with Gasteiger partial charge in [0.05, 0.1) is 0 Å². The SMILES string of the molecule is CCCNc1nc(Nc2ncccn2)ncc1C. The zero-order valence-electron chi connectivity index (χ0n) is 10.5. The number of hydrogen-bond acceptors (Lipinski definition) is 6. The molecule has 0 saturated heterocycles. The Morgan fingerprint density at radius 2 is 1.89 bits per heavy atom. The molecule has 0 radical (unpaired) electrons. The molecule has 0 fully saturated rings. The van der Waals surface area contributed by atoms with E-state index in [0.29, 0.717) is 11.9 Å². The first-order valence-corrected chi connectivity index (χ1v) is 5.91. The minimum absolute atomic E-state index is 0.489. The van der Waals surface area contributed by atoms with Crippen molar-refractivity contribution in [2.45, 2.75) is 20.3 Å². The van der Waals surface area contributed by atoms with Gasteiger partial charge in [0.25, 0.3) is 0 Å². The van der Waals surface area contributed by atoms with Gasteiger partial charge in [0.2, 0.25) is 11.9 Å². The molecule has 0 bridgehead atoms. The third-order valence-electron chi connectivity index (χ3n) is 2.30. The number of aromatic nitrogens is 4. The number of aryl methyl sites for hydroxylation is 1. The van der Waals surface area contributed by atoms with Gasteiger partial charge in [-0.2, -0.15) is 4.98 Å². The van der Waals surface area contributed by atoms with Crippen LogP contribution in [0.5, 0.6) is 0 Å². The van der Waals surface area contributed by atoms with E-state index < -0.39 is 0 Å². The quantitative estimate of drug-likeness (QED) is 0.839. The molecule has 0 aliphatic carbocycles. The van der Waals surface area contributed by atoms with E-state index in [1.807, 2.05) is 6.92 Å². The standard InChI is InChI=1S/C12H16N6/c1-3-5-13-10-9(2)8-16-12(17-10)18-11-14-6-4-7-15-11/h4,6-8H,3,5H2,1-2H3,(H2,13,14,15,16,17,18). The number of rotatable bonds is 5. The van der Waals surface area contributed by atoms with E-state index in [1.165, 1.54) is 0 Å². The third kappa shape index (κ3) is 3.13. The van der Waals surface area contributed by atoms with Gasteiger partial charge in [-0.05, 0) is 19.4 Å². The van der Waals surface area contributed by atoms with E-state index in [4.69, 9.17) is 0 Å². The Morgan fingerprint density at radius 1 is 1.11 bits per heavy atom. The van der Waals surface area contributed by atoms with Gasteiger partial charge in [-0.25, -0.2) is 15.0 Å². The van der Waals surface area contributed by atoms with Crippen LogP contribution in [0.1, 0.15) is 18.9 Å². The molecule has 0 aliphatic rings. The molecule has 0 aromatic carbocycles. The number of anilines is 3. The van der Waals surface area contributed by atoms with Crippen molar-refractivity contribution in [1.29, 1.82) is 0 Å². The number of nitrogens with one attached hydrogen (secondary N) is 2. The van der Waals surface area contributed by atoms with Crippen molar-refractivity contribution in [3.63, 3.8) is 0 Å². The van der Waals surface area contributed by atoms with Crippen LogP contribution in [0.4, 0.5) is 17.7 Å². The van der Waals surface area contributed by atoms with Gasteiger partial charge in [0.1, 0.15) is 5.82 Å². The topological polar surface area (TPSA) is 75.6 Å². The van der Waals surface area contributed by atoms with Gasteiger partial charge < -0.3 is 5.32 Å². The van der Waals surface area contributed by atoms with E-state index in [2.05, 4.69) is 37.5 Å². The van der Waals surface area contributed by atoms with Crippen molar-refractivity contribution >= 4 is 17.7 Å². The average Bonchev–Trinajstić information content (AvgIpc) is 2.40. The van der Waals surface area contributed by atoms with Gasteiger partial charge in [0.15, 0.2) is 0 Å². The summed E-state index contributed by atoms with van der Waals surface area (Å²) in [4.78, 5) is 16.7. The van der Waals surface area contributed by atoms with Crippen LogP contribution >= 0.6 is 0 Å². The van der Waals surface area contributed by atoms with Crippen molar-refractivity contribution in [1.82, 2.24) is 19.9 Å². The summed E-state index contributed by atoms with van der Waals surface area (Å²) < 4.78 is 0. The monoisotopic (exact) mass is 244 g/mol.